The summed E-state index contributed by atoms with van der Waals surface area (Å²) in [6, 6.07) is 9.56. The Morgan fingerprint density at radius 3 is 2.79 bits per heavy atom. The number of ether oxygens (including phenoxy) is 1. The third-order valence-electron chi connectivity index (χ3n) is 5.75. The van der Waals surface area contributed by atoms with E-state index in [1.165, 1.54) is 6.92 Å². The summed E-state index contributed by atoms with van der Waals surface area (Å²) in [4.78, 5) is 30.1. The molecule has 2 N–H and O–H groups in total. The Labute approximate surface area is 164 Å². The lowest BCUT2D eigenvalue weighted by Gasteiger charge is -2.39. The number of amides is 3. The Morgan fingerprint density at radius 2 is 2.00 bits per heavy atom. The zero-order chi connectivity index (χ0) is 19.6. The Hall–Kier alpha value is -2.67. The van der Waals surface area contributed by atoms with Crippen LogP contribution in [-0.4, -0.2) is 53.2 Å². The highest BCUT2D eigenvalue weighted by Crippen LogP contribution is 2.38. The van der Waals surface area contributed by atoms with E-state index in [0.717, 1.165) is 42.3 Å². The molecule has 7 heteroatoms. The van der Waals surface area contributed by atoms with E-state index in [1.54, 1.807) is 6.20 Å². The number of nitrogens with one attached hydrogen (secondary N) is 2. The molecule has 2 fully saturated rings. The Morgan fingerprint density at radius 1 is 1.21 bits per heavy atom. The number of carbonyl (C=O) groups is 2. The number of benzene rings is 1. The summed E-state index contributed by atoms with van der Waals surface area (Å²) in [6.07, 6.45) is 5.40. The molecule has 1 atom stereocenters. The molecular weight excluding hydrogens is 356 g/mol. The number of hydrogen-bond acceptors (Lipinski definition) is 4. The van der Waals surface area contributed by atoms with Gasteiger partial charge in [-0.1, -0.05) is 18.2 Å². The number of urea groups is 1. The van der Waals surface area contributed by atoms with Crippen molar-refractivity contribution in [2.24, 2.45) is 0 Å². The van der Waals surface area contributed by atoms with Gasteiger partial charge in [0.05, 0.1) is 22.9 Å². The van der Waals surface area contributed by atoms with Crippen LogP contribution >= 0.6 is 0 Å². The quantitative estimate of drug-likeness (QED) is 0.855. The number of rotatable bonds is 3. The number of para-hydroxylation sites is 1. The fourth-order valence-electron chi connectivity index (χ4n) is 4.18. The van der Waals surface area contributed by atoms with E-state index in [0.29, 0.717) is 19.6 Å². The van der Waals surface area contributed by atoms with Crippen LogP contribution in [0.1, 0.15) is 32.6 Å². The van der Waals surface area contributed by atoms with Crippen LogP contribution in [0.2, 0.25) is 0 Å². The molecule has 0 bridgehead atoms. The summed E-state index contributed by atoms with van der Waals surface area (Å²) in [5, 5.41) is 6.85. The summed E-state index contributed by atoms with van der Waals surface area (Å²) in [6.45, 7) is 3.41. The minimum absolute atomic E-state index is 0.0287. The van der Waals surface area contributed by atoms with Gasteiger partial charge in [-0.3, -0.25) is 9.78 Å². The fourth-order valence-corrected chi connectivity index (χ4v) is 4.18. The number of carbonyl (C=O) groups excluding carboxylic acids is 2. The molecule has 1 spiro atoms. The van der Waals surface area contributed by atoms with E-state index in [4.69, 9.17) is 4.74 Å². The van der Waals surface area contributed by atoms with E-state index in [1.807, 2.05) is 35.2 Å². The molecule has 0 saturated carbocycles. The molecule has 2 aliphatic heterocycles. The molecule has 0 aliphatic carbocycles. The van der Waals surface area contributed by atoms with Gasteiger partial charge in [-0.15, -0.1) is 0 Å². The average molecular weight is 382 g/mol. The molecule has 3 amide bonds. The van der Waals surface area contributed by atoms with Gasteiger partial charge in [0, 0.05) is 38.1 Å². The minimum atomic E-state index is -0.152. The van der Waals surface area contributed by atoms with Gasteiger partial charge in [0.25, 0.3) is 0 Å². The van der Waals surface area contributed by atoms with Gasteiger partial charge in [-0.2, -0.15) is 0 Å². The maximum Gasteiger partial charge on any atom is 0.321 e. The van der Waals surface area contributed by atoms with Gasteiger partial charge >= 0.3 is 6.03 Å². The fraction of sp³-hybridized carbons (Fsp3) is 0.476. The summed E-state index contributed by atoms with van der Waals surface area (Å²) in [7, 11) is 0. The van der Waals surface area contributed by atoms with E-state index in [2.05, 4.69) is 15.6 Å². The van der Waals surface area contributed by atoms with Gasteiger partial charge in [-0.05, 0) is 37.8 Å². The molecule has 0 unspecified atom stereocenters. The first-order chi connectivity index (χ1) is 13.5. The van der Waals surface area contributed by atoms with Crippen LogP contribution in [0.15, 0.2) is 36.5 Å². The monoisotopic (exact) mass is 382 g/mol. The van der Waals surface area contributed by atoms with Crippen molar-refractivity contribution in [3.05, 3.63) is 36.5 Å². The Kier molecular flexibility index (Phi) is 5.17. The second kappa shape index (κ2) is 7.75. The Bertz CT molecular complexity index is 872. The normalized spacial score (nSPS) is 21.0. The number of aromatic nitrogens is 1. The smallest absolute Gasteiger partial charge is 0.321 e. The van der Waals surface area contributed by atoms with Crippen molar-refractivity contribution in [3.8, 4) is 0 Å². The van der Waals surface area contributed by atoms with Gasteiger partial charge in [0.1, 0.15) is 0 Å². The number of piperidine rings is 1. The summed E-state index contributed by atoms with van der Waals surface area (Å²) < 4.78 is 6.26. The summed E-state index contributed by atoms with van der Waals surface area (Å²) in [5.74, 6) is -0.0287. The zero-order valence-electron chi connectivity index (χ0n) is 16.1. The van der Waals surface area contributed by atoms with E-state index in [-0.39, 0.29) is 23.6 Å². The van der Waals surface area contributed by atoms with E-state index >= 15 is 0 Å². The largest absolute Gasteiger partial charge is 0.370 e. The molecule has 2 saturated heterocycles. The van der Waals surface area contributed by atoms with Crippen LogP contribution in [0.5, 0.6) is 0 Å². The number of nitrogens with zero attached hydrogens (tertiary/aromatic N) is 2. The van der Waals surface area contributed by atoms with Crippen LogP contribution in [0, 0.1) is 0 Å². The van der Waals surface area contributed by atoms with Crippen molar-refractivity contribution in [3.63, 3.8) is 0 Å². The van der Waals surface area contributed by atoms with Crippen molar-refractivity contribution in [1.82, 2.24) is 15.2 Å². The summed E-state index contributed by atoms with van der Waals surface area (Å²) >= 11 is 0. The minimum Gasteiger partial charge on any atom is -0.370 e. The SMILES string of the molecule is CC(=O)NC[C@H]1CCC2(CCN(C(=O)Nc3cccc4cccnc34)CC2)O1. The topological polar surface area (TPSA) is 83.6 Å². The van der Waals surface area contributed by atoms with Gasteiger partial charge in [-0.25, -0.2) is 4.79 Å². The standard InChI is InChI=1S/C21H26N4O3/c1-15(26)23-14-17-7-8-21(28-17)9-12-25(13-10-21)20(27)24-18-6-2-4-16-5-3-11-22-19(16)18/h2-6,11,17H,7-10,12-14H2,1H3,(H,23,26)(H,24,27)/t17-/m1/s1. The lowest BCUT2D eigenvalue weighted by atomic mass is 9.88. The van der Waals surface area contributed by atoms with Crippen molar-refractivity contribution in [2.45, 2.75) is 44.3 Å². The van der Waals surface area contributed by atoms with Crippen molar-refractivity contribution >= 4 is 28.5 Å². The van der Waals surface area contributed by atoms with Gasteiger partial charge in [0.2, 0.25) is 5.91 Å². The molecule has 0 radical (unpaired) electrons. The van der Waals surface area contributed by atoms with Gasteiger partial charge in [0.15, 0.2) is 0 Å². The molecule has 1 aromatic carbocycles. The first-order valence-corrected chi connectivity index (χ1v) is 9.87. The lowest BCUT2D eigenvalue weighted by molar-refractivity contribution is -0.120. The first-order valence-electron chi connectivity index (χ1n) is 9.87. The number of pyridine rings is 1. The predicted molar refractivity (Wildman–Crippen MR) is 107 cm³/mol. The van der Waals surface area contributed by atoms with E-state index in [9.17, 15) is 9.59 Å². The van der Waals surface area contributed by atoms with E-state index < -0.39 is 0 Å². The number of fused-ring (bicyclic) bond motifs is 1. The number of likely N-dealkylation sites (tertiary alicyclic amines) is 1. The van der Waals surface area contributed by atoms with Crippen LogP contribution < -0.4 is 10.6 Å². The second-order valence-electron chi connectivity index (χ2n) is 7.70. The lowest BCUT2D eigenvalue weighted by Crippen LogP contribution is -2.48. The van der Waals surface area contributed by atoms with Crippen LogP contribution in [0.4, 0.5) is 10.5 Å². The van der Waals surface area contributed by atoms with Gasteiger partial charge < -0.3 is 20.3 Å². The third kappa shape index (κ3) is 3.94. The molecule has 4 rings (SSSR count). The maximum atomic E-state index is 12.8. The molecule has 148 valence electrons. The number of anilines is 1. The molecule has 28 heavy (non-hydrogen) atoms. The van der Waals surface area contributed by atoms with Crippen molar-refractivity contribution in [1.29, 1.82) is 0 Å². The maximum absolute atomic E-state index is 12.8. The highest BCUT2D eigenvalue weighted by molar-refractivity contribution is 5.99. The van der Waals surface area contributed by atoms with Crippen LogP contribution in [0.25, 0.3) is 10.9 Å². The average Bonchev–Trinajstić information content (AvgIpc) is 3.10. The van der Waals surface area contributed by atoms with Crippen molar-refractivity contribution < 1.29 is 14.3 Å². The first kappa shape index (κ1) is 18.7. The second-order valence-corrected chi connectivity index (χ2v) is 7.70. The number of hydrogen-bond donors (Lipinski definition) is 2. The van der Waals surface area contributed by atoms with Crippen molar-refractivity contribution in [2.75, 3.05) is 25.0 Å². The molecule has 7 nitrogen and oxygen atoms in total. The Balaban J connectivity index is 1.34. The summed E-state index contributed by atoms with van der Waals surface area (Å²) in [5.41, 5.74) is 1.38. The highest BCUT2D eigenvalue weighted by Gasteiger charge is 2.43. The molecule has 1 aromatic heterocycles. The molecule has 3 heterocycles. The molecule has 2 aliphatic rings. The third-order valence-corrected chi connectivity index (χ3v) is 5.75. The molecular formula is C21H26N4O3. The predicted octanol–water partition coefficient (Wildman–Crippen LogP) is 2.92. The highest BCUT2D eigenvalue weighted by atomic mass is 16.5. The zero-order valence-corrected chi connectivity index (χ0v) is 16.1. The molecule has 2 aromatic rings. The van der Waals surface area contributed by atoms with Crippen LogP contribution in [-0.2, 0) is 9.53 Å². The van der Waals surface area contributed by atoms with Crippen LogP contribution in [0.3, 0.4) is 0 Å².